The zero-order valence-corrected chi connectivity index (χ0v) is 21.5. The lowest BCUT2D eigenvalue weighted by Gasteiger charge is -2.41. The maximum absolute atomic E-state index is 14.5. The van der Waals surface area contributed by atoms with E-state index in [-0.39, 0.29) is 17.2 Å². The molecule has 5 rings (SSSR count). The Bertz CT molecular complexity index is 1390. The van der Waals surface area contributed by atoms with E-state index in [2.05, 4.69) is 34.9 Å². The summed E-state index contributed by atoms with van der Waals surface area (Å²) in [6.07, 6.45) is 1.19. The Labute approximate surface area is 221 Å². The van der Waals surface area contributed by atoms with Crippen LogP contribution in [0.25, 0.3) is 11.1 Å². The molecule has 1 spiro atoms. The number of benzene rings is 3. The number of hydrogen-bond acceptors (Lipinski definition) is 6. The van der Waals surface area contributed by atoms with E-state index in [0.717, 1.165) is 27.8 Å². The van der Waals surface area contributed by atoms with Crippen molar-refractivity contribution in [1.29, 1.82) is 0 Å². The number of aliphatic hydroxyl groups is 1. The number of aryl methyl sites for hydroxylation is 1. The molecule has 2 atom stereocenters. The van der Waals surface area contributed by atoms with Crippen molar-refractivity contribution in [1.82, 2.24) is 10.6 Å². The number of amides is 1. The van der Waals surface area contributed by atoms with E-state index in [1.54, 1.807) is 6.07 Å². The molecule has 0 aromatic heterocycles. The molecule has 0 radical (unpaired) electrons. The number of methoxy groups -OCH3 is 1. The average Bonchev–Trinajstić information content (AvgIpc) is 3.18. The van der Waals surface area contributed by atoms with Gasteiger partial charge < -0.3 is 25.2 Å². The Kier molecular flexibility index (Phi) is 7.19. The molecule has 2 aliphatic heterocycles. The molecule has 0 saturated carbocycles. The highest BCUT2D eigenvalue weighted by molar-refractivity contribution is 5.95. The summed E-state index contributed by atoms with van der Waals surface area (Å²) in [5, 5.41) is 15.1. The summed E-state index contributed by atoms with van der Waals surface area (Å²) < 4.78 is 25.8. The van der Waals surface area contributed by atoms with Crippen molar-refractivity contribution in [2.45, 2.75) is 31.3 Å². The number of fused-ring (bicyclic) bond motifs is 2. The van der Waals surface area contributed by atoms with Crippen molar-refractivity contribution in [3.8, 4) is 16.9 Å². The summed E-state index contributed by atoms with van der Waals surface area (Å²) in [6.45, 7) is 3.22. The van der Waals surface area contributed by atoms with Crippen molar-refractivity contribution in [3.63, 3.8) is 0 Å². The lowest BCUT2D eigenvalue weighted by Crippen LogP contribution is -2.47. The summed E-state index contributed by atoms with van der Waals surface area (Å²) in [7, 11) is 1.41. The number of carbonyl (C=O) groups is 2. The van der Waals surface area contributed by atoms with Gasteiger partial charge in [-0.15, -0.1) is 0 Å². The molecule has 1 saturated heterocycles. The Hall–Kier alpha value is -3.75. The van der Waals surface area contributed by atoms with Gasteiger partial charge in [0, 0.05) is 31.0 Å². The smallest absolute Gasteiger partial charge is 0.339 e. The molecule has 1 amide bonds. The number of aliphatic hydroxyl groups excluding tert-OH is 1. The Morgan fingerprint density at radius 2 is 2.03 bits per heavy atom. The lowest BCUT2D eigenvalue weighted by molar-refractivity contribution is -0.123. The molecule has 3 aromatic rings. The molecule has 0 aliphatic carbocycles. The molecule has 3 aromatic carbocycles. The van der Waals surface area contributed by atoms with Crippen molar-refractivity contribution in [2.24, 2.45) is 0 Å². The van der Waals surface area contributed by atoms with Gasteiger partial charge in [-0.1, -0.05) is 42.5 Å². The van der Waals surface area contributed by atoms with Crippen LogP contribution in [0.5, 0.6) is 5.75 Å². The third kappa shape index (κ3) is 4.54. The predicted molar refractivity (Wildman–Crippen MR) is 141 cm³/mol. The van der Waals surface area contributed by atoms with Gasteiger partial charge in [-0.05, 0) is 59.8 Å². The van der Waals surface area contributed by atoms with E-state index in [1.807, 2.05) is 25.1 Å². The lowest BCUT2D eigenvalue weighted by atomic mass is 9.71. The van der Waals surface area contributed by atoms with Crippen LogP contribution in [0.4, 0.5) is 4.39 Å². The number of hydrogen-bond donors (Lipinski definition) is 3. The number of esters is 1. The minimum atomic E-state index is -0.909. The van der Waals surface area contributed by atoms with E-state index >= 15 is 0 Å². The Balaban J connectivity index is 1.50. The van der Waals surface area contributed by atoms with E-state index in [4.69, 9.17) is 14.6 Å². The van der Waals surface area contributed by atoms with E-state index in [1.165, 1.54) is 13.2 Å². The van der Waals surface area contributed by atoms with Crippen LogP contribution in [0.3, 0.4) is 0 Å². The first-order valence-corrected chi connectivity index (χ1v) is 12.8. The van der Waals surface area contributed by atoms with Crippen LogP contribution in [-0.2, 0) is 21.6 Å². The van der Waals surface area contributed by atoms with E-state index < -0.39 is 29.9 Å². The highest BCUT2D eigenvalue weighted by atomic mass is 19.1. The molecule has 0 bridgehead atoms. The van der Waals surface area contributed by atoms with Crippen LogP contribution < -0.4 is 15.4 Å². The topological polar surface area (TPSA) is 96.9 Å². The van der Waals surface area contributed by atoms with Gasteiger partial charge in [0.2, 0.25) is 5.91 Å². The van der Waals surface area contributed by atoms with Gasteiger partial charge in [-0.3, -0.25) is 4.79 Å². The van der Waals surface area contributed by atoms with Crippen molar-refractivity contribution < 1.29 is 28.6 Å². The summed E-state index contributed by atoms with van der Waals surface area (Å²) in [4.78, 5) is 24.3. The summed E-state index contributed by atoms with van der Waals surface area (Å²) in [5.74, 6) is -1.56. The fraction of sp³-hybridized carbons (Fsp3) is 0.333. The van der Waals surface area contributed by atoms with Gasteiger partial charge in [0.1, 0.15) is 12.2 Å². The molecular formula is C30H31FN2O5. The van der Waals surface area contributed by atoms with Gasteiger partial charge in [0.05, 0.1) is 12.7 Å². The van der Waals surface area contributed by atoms with Crippen molar-refractivity contribution >= 4 is 11.9 Å². The molecule has 2 aliphatic rings. The van der Waals surface area contributed by atoms with Gasteiger partial charge in [-0.2, -0.15) is 0 Å². The maximum atomic E-state index is 14.5. The average molecular weight is 519 g/mol. The van der Waals surface area contributed by atoms with Crippen LogP contribution in [-0.4, -0.2) is 50.3 Å². The first-order valence-electron chi connectivity index (χ1n) is 12.8. The van der Waals surface area contributed by atoms with E-state index in [0.29, 0.717) is 38.0 Å². The summed E-state index contributed by atoms with van der Waals surface area (Å²) >= 11 is 0. The van der Waals surface area contributed by atoms with Gasteiger partial charge in [0.25, 0.3) is 0 Å². The van der Waals surface area contributed by atoms with Crippen LogP contribution >= 0.6 is 0 Å². The first kappa shape index (κ1) is 25.9. The largest absolute Gasteiger partial charge is 0.494 e. The summed E-state index contributed by atoms with van der Waals surface area (Å²) in [6, 6.07) is 17.2. The number of ether oxygens (including phenoxy) is 2. The number of piperidine rings is 1. The third-order valence-electron chi connectivity index (χ3n) is 7.66. The minimum Gasteiger partial charge on any atom is -0.494 e. The van der Waals surface area contributed by atoms with Crippen molar-refractivity contribution in [2.75, 3.05) is 33.4 Å². The number of nitrogens with one attached hydrogen (secondary N) is 2. The minimum absolute atomic E-state index is 0.0950. The zero-order valence-electron chi connectivity index (χ0n) is 21.5. The second-order valence-corrected chi connectivity index (χ2v) is 9.80. The van der Waals surface area contributed by atoms with Crippen LogP contribution in [0, 0.1) is 12.7 Å². The number of halogens is 1. The monoisotopic (exact) mass is 518 g/mol. The van der Waals surface area contributed by atoms with E-state index in [9.17, 15) is 14.0 Å². The maximum Gasteiger partial charge on any atom is 0.339 e. The highest BCUT2D eigenvalue weighted by Crippen LogP contribution is 2.52. The second-order valence-electron chi connectivity index (χ2n) is 9.80. The van der Waals surface area contributed by atoms with Gasteiger partial charge in [-0.25, -0.2) is 9.18 Å². The normalized spacial score (nSPS) is 20.2. The highest BCUT2D eigenvalue weighted by Gasteiger charge is 2.53. The fourth-order valence-electron chi connectivity index (χ4n) is 5.82. The molecule has 38 heavy (non-hydrogen) atoms. The van der Waals surface area contributed by atoms with Gasteiger partial charge in [0.15, 0.2) is 11.6 Å². The summed E-state index contributed by atoms with van der Waals surface area (Å²) in [5.41, 5.74) is 5.32. The Morgan fingerprint density at radius 3 is 2.79 bits per heavy atom. The van der Waals surface area contributed by atoms with Crippen LogP contribution in [0.1, 0.15) is 45.0 Å². The van der Waals surface area contributed by atoms with Gasteiger partial charge >= 0.3 is 5.97 Å². The van der Waals surface area contributed by atoms with Crippen LogP contribution in [0.15, 0.2) is 54.6 Å². The molecule has 7 nitrogen and oxygen atoms in total. The molecule has 3 N–H and O–H groups in total. The third-order valence-corrected chi connectivity index (χ3v) is 7.66. The molecule has 2 heterocycles. The van der Waals surface area contributed by atoms with Crippen molar-refractivity contribution in [3.05, 3.63) is 88.2 Å². The predicted octanol–water partition coefficient (Wildman–Crippen LogP) is 3.60. The molecule has 1 unspecified atom stereocenters. The SMILES string of the molecule is COc1cc2c(cc1F)C(=O)O[C@@]21CCNCC1c1ccc(-c2ccccc2CCNC(=O)CO)cc1C. The molecule has 198 valence electrons. The number of carbonyl (C=O) groups excluding carboxylic acids is 2. The number of rotatable bonds is 7. The second kappa shape index (κ2) is 10.6. The standard InChI is InChI=1S/C30H31FN2O5/c1-18-13-20(22-6-4-3-5-19(22)9-11-33-28(35)17-34)7-8-21(18)25-16-32-12-10-30(25)24-15-27(37-2)26(31)14-23(24)29(36)38-30/h3-8,13-15,25,32,34H,9-12,16-17H2,1-2H3,(H,33,35)/t25?,30-/m0/s1. The first-order chi connectivity index (χ1) is 18.4. The zero-order chi connectivity index (χ0) is 26.9. The molecular weight excluding hydrogens is 487 g/mol. The van der Waals surface area contributed by atoms with Crippen LogP contribution in [0.2, 0.25) is 0 Å². The molecule has 8 heteroatoms. The quantitative estimate of drug-likeness (QED) is 0.414. The molecule has 1 fully saturated rings. The Morgan fingerprint density at radius 1 is 1.21 bits per heavy atom. The fourth-order valence-corrected chi connectivity index (χ4v) is 5.82.